The van der Waals surface area contributed by atoms with E-state index in [1.807, 2.05) is 0 Å². The third kappa shape index (κ3) is 3.06. The Morgan fingerprint density at radius 2 is 2.05 bits per heavy atom. The minimum atomic E-state index is -1.52. The molecule has 1 aromatic heterocycles. The lowest BCUT2D eigenvalue weighted by Gasteiger charge is -2.40. The molecule has 9 heteroatoms. The van der Waals surface area contributed by atoms with Crippen LogP contribution in [0.4, 0.5) is 0 Å². The monoisotopic (exact) mass is 302 g/mol. The molecule has 1 aromatic rings. The van der Waals surface area contributed by atoms with Crippen molar-refractivity contribution in [2.24, 2.45) is 0 Å². The van der Waals surface area contributed by atoms with E-state index >= 15 is 0 Å². The van der Waals surface area contributed by atoms with Crippen LogP contribution in [0.25, 0.3) is 0 Å². The summed E-state index contributed by atoms with van der Waals surface area (Å²) in [6, 6.07) is 1.05. The van der Waals surface area contributed by atoms with Gasteiger partial charge in [0, 0.05) is 12.3 Å². The summed E-state index contributed by atoms with van der Waals surface area (Å²) in [6.07, 6.45) is -5.37. The maximum absolute atomic E-state index is 11.3. The number of ether oxygens (including phenoxy) is 2. The zero-order valence-electron chi connectivity index (χ0n) is 11.4. The van der Waals surface area contributed by atoms with Crippen molar-refractivity contribution in [1.29, 1.82) is 0 Å². The predicted molar refractivity (Wildman–Crippen MR) is 68.7 cm³/mol. The summed E-state index contributed by atoms with van der Waals surface area (Å²) in [5.74, 6) is 0. The molecule has 1 fully saturated rings. The average molecular weight is 302 g/mol. The highest BCUT2D eigenvalue weighted by Crippen LogP contribution is 2.30. The van der Waals surface area contributed by atoms with Gasteiger partial charge in [-0.3, -0.25) is 9.36 Å². The van der Waals surface area contributed by atoms with Crippen LogP contribution in [0.5, 0.6) is 6.01 Å². The Labute approximate surface area is 120 Å². The van der Waals surface area contributed by atoms with E-state index in [1.165, 1.54) is 10.8 Å². The normalized spacial score (nSPS) is 32.9. The van der Waals surface area contributed by atoms with Gasteiger partial charge < -0.3 is 29.9 Å². The lowest BCUT2D eigenvalue weighted by molar-refractivity contribution is -0.252. The van der Waals surface area contributed by atoms with Crippen LogP contribution in [0.2, 0.25) is 0 Å². The van der Waals surface area contributed by atoms with Gasteiger partial charge in [-0.05, 0) is 6.92 Å². The van der Waals surface area contributed by atoms with Crippen molar-refractivity contribution < 1.29 is 29.9 Å². The summed E-state index contributed by atoms with van der Waals surface area (Å²) in [4.78, 5) is 14.9. The van der Waals surface area contributed by atoms with E-state index in [-0.39, 0.29) is 12.6 Å². The van der Waals surface area contributed by atoms with Gasteiger partial charge in [0.2, 0.25) is 0 Å². The first-order chi connectivity index (χ1) is 9.99. The Morgan fingerprint density at radius 3 is 2.67 bits per heavy atom. The van der Waals surface area contributed by atoms with Crippen molar-refractivity contribution in [3.8, 4) is 6.01 Å². The molecule has 2 rings (SSSR count). The molecule has 0 spiro atoms. The van der Waals surface area contributed by atoms with E-state index in [2.05, 4.69) is 4.98 Å². The van der Waals surface area contributed by atoms with Crippen molar-refractivity contribution in [2.75, 3.05) is 13.2 Å². The maximum atomic E-state index is 11.3. The van der Waals surface area contributed by atoms with Gasteiger partial charge in [0.05, 0.1) is 13.2 Å². The molecule has 9 nitrogen and oxygen atoms in total. The number of rotatable bonds is 4. The smallest absolute Gasteiger partial charge is 0.301 e. The minimum absolute atomic E-state index is 0.0886. The predicted octanol–water partition coefficient (Wildman–Crippen LogP) is -2.39. The Kier molecular flexibility index (Phi) is 4.91. The molecule has 21 heavy (non-hydrogen) atoms. The standard InChI is InChI=1S/C12H18N2O7/c1-2-20-12-13-7(16)3-4-14(12)11-10(19)9(18)8(17)6(5-15)21-11/h3-4,6,8-11,15,17-19H,2,5H2,1H3/t6-,8-,9+,10-,11?/m1/s1. The second-order valence-electron chi connectivity index (χ2n) is 4.61. The Balaban J connectivity index is 2.37. The fourth-order valence-corrected chi connectivity index (χ4v) is 2.14. The number of aliphatic hydroxyl groups excluding tert-OH is 4. The van der Waals surface area contributed by atoms with E-state index in [1.54, 1.807) is 6.92 Å². The van der Waals surface area contributed by atoms with Gasteiger partial charge in [-0.15, -0.1) is 0 Å². The molecule has 5 atom stereocenters. The van der Waals surface area contributed by atoms with Crippen LogP contribution >= 0.6 is 0 Å². The van der Waals surface area contributed by atoms with Crippen LogP contribution in [0, 0.1) is 0 Å². The fraction of sp³-hybridized carbons (Fsp3) is 0.667. The van der Waals surface area contributed by atoms with Crippen molar-refractivity contribution in [3.05, 3.63) is 22.6 Å². The van der Waals surface area contributed by atoms with E-state index in [0.717, 1.165) is 6.07 Å². The molecule has 0 radical (unpaired) electrons. The van der Waals surface area contributed by atoms with Crippen molar-refractivity contribution in [1.82, 2.24) is 9.55 Å². The topological polar surface area (TPSA) is 134 Å². The zero-order chi connectivity index (χ0) is 15.6. The number of aliphatic hydroxyl groups is 4. The van der Waals surface area contributed by atoms with E-state index in [4.69, 9.17) is 14.6 Å². The van der Waals surface area contributed by atoms with Gasteiger partial charge in [0.15, 0.2) is 6.23 Å². The number of nitrogens with zero attached hydrogens (tertiary/aromatic N) is 2. The van der Waals surface area contributed by atoms with Gasteiger partial charge in [-0.25, -0.2) is 0 Å². The summed E-state index contributed by atoms with van der Waals surface area (Å²) in [7, 11) is 0. The first-order valence-corrected chi connectivity index (χ1v) is 6.52. The number of aromatic nitrogens is 2. The van der Waals surface area contributed by atoms with E-state index in [0.29, 0.717) is 0 Å². The third-order valence-electron chi connectivity index (χ3n) is 3.22. The summed E-state index contributed by atoms with van der Waals surface area (Å²) >= 11 is 0. The van der Waals surface area contributed by atoms with Gasteiger partial charge >= 0.3 is 6.01 Å². The van der Waals surface area contributed by atoms with Crippen molar-refractivity contribution >= 4 is 0 Å². The van der Waals surface area contributed by atoms with E-state index < -0.39 is 42.8 Å². The van der Waals surface area contributed by atoms with Gasteiger partial charge in [-0.2, -0.15) is 4.98 Å². The molecular formula is C12H18N2O7. The fourth-order valence-electron chi connectivity index (χ4n) is 2.14. The molecule has 0 bridgehead atoms. The molecule has 1 saturated heterocycles. The Morgan fingerprint density at radius 1 is 1.33 bits per heavy atom. The SMILES string of the molecule is CCOc1nc(=O)ccn1C1O[C@H](CO)[C@@H](O)[C@H](O)[C@H]1O. The Hall–Kier alpha value is -1.52. The van der Waals surface area contributed by atoms with E-state index in [9.17, 15) is 20.1 Å². The first-order valence-electron chi connectivity index (χ1n) is 6.52. The highest BCUT2D eigenvalue weighted by atomic mass is 16.6. The largest absolute Gasteiger partial charge is 0.465 e. The lowest BCUT2D eigenvalue weighted by Crippen LogP contribution is -2.56. The molecule has 1 unspecified atom stereocenters. The molecular weight excluding hydrogens is 284 g/mol. The molecule has 4 N–H and O–H groups in total. The summed E-state index contributed by atoms with van der Waals surface area (Å²) < 4.78 is 11.8. The second-order valence-corrected chi connectivity index (χ2v) is 4.61. The molecule has 0 aromatic carbocycles. The molecule has 2 heterocycles. The second kappa shape index (κ2) is 6.50. The van der Waals surface area contributed by atoms with Crippen LogP contribution in [0.15, 0.2) is 17.1 Å². The zero-order valence-corrected chi connectivity index (χ0v) is 11.4. The number of hydrogen-bond acceptors (Lipinski definition) is 8. The molecule has 1 aliphatic heterocycles. The highest BCUT2D eigenvalue weighted by Gasteiger charge is 2.44. The van der Waals surface area contributed by atoms with Crippen LogP contribution in [-0.2, 0) is 4.74 Å². The minimum Gasteiger partial charge on any atom is -0.465 e. The van der Waals surface area contributed by atoms with Crippen LogP contribution in [0.3, 0.4) is 0 Å². The molecule has 118 valence electrons. The molecule has 0 amide bonds. The quantitative estimate of drug-likeness (QED) is 0.484. The molecule has 0 saturated carbocycles. The van der Waals surface area contributed by atoms with Crippen LogP contribution < -0.4 is 10.3 Å². The van der Waals surface area contributed by atoms with Gasteiger partial charge in [0.1, 0.15) is 24.4 Å². The van der Waals surface area contributed by atoms with Crippen molar-refractivity contribution in [3.63, 3.8) is 0 Å². The maximum Gasteiger partial charge on any atom is 0.301 e. The van der Waals surface area contributed by atoms with Gasteiger partial charge in [-0.1, -0.05) is 0 Å². The third-order valence-corrected chi connectivity index (χ3v) is 3.22. The summed E-state index contributed by atoms with van der Waals surface area (Å²) in [5.41, 5.74) is -0.528. The van der Waals surface area contributed by atoms with Crippen LogP contribution in [0.1, 0.15) is 13.2 Å². The summed E-state index contributed by atoms with van der Waals surface area (Å²) in [6.45, 7) is 1.38. The summed E-state index contributed by atoms with van der Waals surface area (Å²) in [5, 5.41) is 38.7. The van der Waals surface area contributed by atoms with Crippen molar-refractivity contribution in [2.45, 2.75) is 37.6 Å². The highest BCUT2D eigenvalue weighted by molar-refractivity contribution is 5.03. The molecule has 0 aliphatic carbocycles. The lowest BCUT2D eigenvalue weighted by atomic mass is 9.98. The number of hydrogen-bond donors (Lipinski definition) is 4. The van der Waals surface area contributed by atoms with Gasteiger partial charge in [0.25, 0.3) is 5.56 Å². The first kappa shape index (κ1) is 15.9. The van der Waals surface area contributed by atoms with Crippen LogP contribution in [-0.4, -0.2) is 67.6 Å². The Bertz CT molecular complexity index is 533. The average Bonchev–Trinajstić information content (AvgIpc) is 2.47. The molecule has 1 aliphatic rings.